The van der Waals surface area contributed by atoms with Gasteiger partial charge < -0.3 is 14.8 Å². The second-order valence-electron chi connectivity index (χ2n) is 6.42. The molecule has 1 fully saturated rings. The van der Waals surface area contributed by atoms with Gasteiger partial charge in [0, 0.05) is 6.54 Å². The Morgan fingerprint density at radius 3 is 2.52 bits per heavy atom. The highest BCUT2D eigenvalue weighted by Crippen LogP contribution is 2.33. The lowest BCUT2D eigenvalue weighted by atomic mass is 10.1. The number of amides is 1. The molecule has 25 heavy (non-hydrogen) atoms. The van der Waals surface area contributed by atoms with Crippen LogP contribution >= 0.6 is 0 Å². The highest BCUT2D eigenvalue weighted by atomic mass is 16.9. The van der Waals surface area contributed by atoms with Gasteiger partial charge in [-0.1, -0.05) is 30.3 Å². The van der Waals surface area contributed by atoms with E-state index >= 15 is 0 Å². The van der Waals surface area contributed by atoms with Crippen molar-refractivity contribution < 1.29 is 23.9 Å². The molecule has 1 unspecified atom stereocenters. The zero-order valence-electron chi connectivity index (χ0n) is 15.0. The van der Waals surface area contributed by atoms with Crippen molar-refractivity contribution in [2.24, 2.45) is 0 Å². The van der Waals surface area contributed by atoms with Crippen molar-refractivity contribution in [2.75, 3.05) is 13.7 Å². The van der Waals surface area contributed by atoms with Crippen LogP contribution in [0.4, 0.5) is 4.79 Å². The zero-order valence-corrected chi connectivity index (χ0v) is 15.0. The first kappa shape index (κ1) is 19.2. The number of methoxy groups -OCH3 is 1. The molecule has 1 N–H and O–H groups in total. The number of benzene rings is 1. The summed E-state index contributed by atoms with van der Waals surface area (Å²) in [7, 11) is 1.30. The van der Waals surface area contributed by atoms with E-state index in [2.05, 4.69) is 5.32 Å². The van der Waals surface area contributed by atoms with Gasteiger partial charge in [0.2, 0.25) is 0 Å². The van der Waals surface area contributed by atoms with Crippen molar-refractivity contribution in [1.82, 2.24) is 10.4 Å². The summed E-state index contributed by atoms with van der Waals surface area (Å²) in [5, 5.41) is 4.47. The van der Waals surface area contributed by atoms with Crippen LogP contribution in [0.15, 0.2) is 30.3 Å². The maximum Gasteiger partial charge on any atom is 0.408 e. The van der Waals surface area contributed by atoms with Crippen LogP contribution in [0, 0.1) is 0 Å². The molecule has 0 spiro atoms. The van der Waals surface area contributed by atoms with E-state index in [0.29, 0.717) is 6.42 Å². The summed E-state index contributed by atoms with van der Waals surface area (Å²) >= 11 is 0. The molecule has 7 heteroatoms. The van der Waals surface area contributed by atoms with Gasteiger partial charge in [0.25, 0.3) is 0 Å². The molecule has 1 saturated heterocycles. The Kier molecular flexibility index (Phi) is 6.78. The summed E-state index contributed by atoms with van der Waals surface area (Å²) in [4.78, 5) is 29.1. The molecule has 0 saturated carbocycles. The molecule has 138 valence electrons. The molecule has 0 aliphatic carbocycles. The third kappa shape index (κ3) is 6.36. The first-order chi connectivity index (χ1) is 11.9. The number of nitrogens with zero attached hydrogens (tertiary/aromatic N) is 1. The lowest BCUT2D eigenvalue weighted by molar-refractivity contribution is -0.143. The maximum absolute atomic E-state index is 11.9. The molecule has 0 radical (unpaired) electrons. The van der Waals surface area contributed by atoms with Crippen LogP contribution in [0.3, 0.4) is 0 Å². The summed E-state index contributed by atoms with van der Waals surface area (Å²) in [6, 6.07) is 8.64. The quantitative estimate of drug-likeness (QED) is 0.419. The van der Waals surface area contributed by atoms with Crippen LogP contribution in [0.25, 0.3) is 0 Å². The number of hydrogen-bond acceptors (Lipinski definition) is 6. The number of unbranched alkanes of at least 4 members (excludes halogenated alkanes) is 1. The Hall–Kier alpha value is -2.12. The normalized spacial score (nSPS) is 18.9. The standard InChI is InChI=1S/C18H26N2O5/c1-18(2)20(25-18)12-8-7-11-15(16(21)23-3)19-17(22)24-13-14-9-5-4-6-10-14/h4-6,9-10,15H,7-8,11-13H2,1-3H3,(H,19,22)/t15-,20?/m0/s1. The number of hydroxylamine groups is 2. The SMILES string of the molecule is COC(=O)[C@H](CCCCN1OC1(C)C)NC(=O)OCc1ccccc1. The second-order valence-corrected chi connectivity index (χ2v) is 6.42. The lowest BCUT2D eigenvalue weighted by Gasteiger charge is -2.16. The third-order valence-corrected chi connectivity index (χ3v) is 4.00. The number of esters is 1. The predicted molar refractivity (Wildman–Crippen MR) is 91.3 cm³/mol. The van der Waals surface area contributed by atoms with Gasteiger partial charge in [-0.3, -0.25) is 4.84 Å². The fourth-order valence-electron chi connectivity index (χ4n) is 2.47. The van der Waals surface area contributed by atoms with E-state index in [1.54, 1.807) is 0 Å². The first-order valence-electron chi connectivity index (χ1n) is 8.44. The van der Waals surface area contributed by atoms with E-state index in [1.807, 2.05) is 49.2 Å². The largest absolute Gasteiger partial charge is 0.467 e. The Morgan fingerprint density at radius 1 is 1.24 bits per heavy atom. The molecular weight excluding hydrogens is 324 g/mol. The molecule has 1 heterocycles. The minimum atomic E-state index is -0.712. The average Bonchev–Trinajstić information content (AvgIpc) is 3.22. The number of alkyl carbamates (subject to hydrolysis) is 1. The Labute approximate surface area is 148 Å². The monoisotopic (exact) mass is 350 g/mol. The summed E-state index contributed by atoms with van der Waals surface area (Å²) in [6.07, 6.45) is 1.47. The maximum atomic E-state index is 11.9. The van der Waals surface area contributed by atoms with Gasteiger partial charge in [-0.2, -0.15) is 5.06 Å². The third-order valence-electron chi connectivity index (χ3n) is 4.00. The molecule has 1 amide bonds. The summed E-state index contributed by atoms with van der Waals surface area (Å²) in [5.41, 5.74) is 0.703. The number of rotatable bonds is 9. The summed E-state index contributed by atoms with van der Waals surface area (Å²) in [5.74, 6) is -0.472. The highest BCUT2D eigenvalue weighted by Gasteiger charge is 2.45. The average molecular weight is 350 g/mol. The fourth-order valence-corrected chi connectivity index (χ4v) is 2.47. The van der Waals surface area contributed by atoms with Gasteiger partial charge in [-0.05, 0) is 38.7 Å². The van der Waals surface area contributed by atoms with Crippen molar-refractivity contribution in [3.63, 3.8) is 0 Å². The number of ether oxygens (including phenoxy) is 2. The molecule has 7 nitrogen and oxygen atoms in total. The first-order valence-corrected chi connectivity index (χ1v) is 8.44. The van der Waals surface area contributed by atoms with E-state index in [0.717, 1.165) is 24.9 Å². The van der Waals surface area contributed by atoms with Gasteiger partial charge in [0.15, 0.2) is 5.72 Å². The lowest BCUT2D eigenvalue weighted by Crippen LogP contribution is -2.41. The summed E-state index contributed by atoms with van der Waals surface area (Å²) in [6.45, 7) is 4.93. The molecule has 2 rings (SSSR count). The van der Waals surface area contributed by atoms with E-state index in [4.69, 9.17) is 14.3 Å². The number of nitrogens with one attached hydrogen (secondary N) is 1. The Balaban J connectivity index is 1.71. The van der Waals surface area contributed by atoms with Crippen molar-refractivity contribution in [1.29, 1.82) is 0 Å². The molecular formula is C18H26N2O5. The second kappa shape index (κ2) is 8.82. The van der Waals surface area contributed by atoms with Crippen LogP contribution in [-0.4, -0.2) is 42.5 Å². The minimum absolute atomic E-state index is 0.155. The molecule has 1 aliphatic heterocycles. The predicted octanol–water partition coefficient (Wildman–Crippen LogP) is 2.61. The zero-order chi connectivity index (χ0) is 18.3. The van der Waals surface area contributed by atoms with Crippen LogP contribution < -0.4 is 5.32 Å². The van der Waals surface area contributed by atoms with E-state index in [-0.39, 0.29) is 12.3 Å². The van der Waals surface area contributed by atoms with E-state index in [9.17, 15) is 9.59 Å². The molecule has 2 atom stereocenters. The van der Waals surface area contributed by atoms with Gasteiger partial charge in [0.05, 0.1) is 7.11 Å². The Morgan fingerprint density at radius 2 is 1.92 bits per heavy atom. The van der Waals surface area contributed by atoms with Gasteiger partial charge >= 0.3 is 12.1 Å². The van der Waals surface area contributed by atoms with Gasteiger partial charge in [-0.15, -0.1) is 0 Å². The number of carbonyl (C=O) groups excluding carboxylic acids is 2. The molecule has 0 aromatic heterocycles. The Bertz CT molecular complexity index is 576. The van der Waals surface area contributed by atoms with Crippen molar-refractivity contribution >= 4 is 12.1 Å². The van der Waals surface area contributed by atoms with E-state index < -0.39 is 18.1 Å². The highest BCUT2D eigenvalue weighted by molar-refractivity contribution is 5.81. The van der Waals surface area contributed by atoms with Crippen molar-refractivity contribution in [3.8, 4) is 0 Å². The fraction of sp³-hybridized carbons (Fsp3) is 0.556. The number of hydrogen-bond donors (Lipinski definition) is 1. The molecule has 1 aliphatic rings. The van der Waals surface area contributed by atoms with Crippen molar-refractivity contribution in [2.45, 2.75) is 51.5 Å². The van der Waals surface area contributed by atoms with Crippen LogP contribution in [0.5, 0.6) is 0 Å². The smallest absolute Gasteiger partial charge is 0.408 e. The molecule has 0 bridgehead atoms. The topological polar surface area (TPSA) is 80.2 Å². The number of carbonyl (C=O) groups is 2. The van der Waals surface area contributed by atoms with Gasteiger partial charge in [0.1, 0.15) is 12.6 Å². The van der Waals surface area contributed by atoms with Gasteiger partial charge in [-0.25, -0.2) is 9.59 Å². The summed E-state index contributed by atoms with van der Waals surface area (Å²) < 4.78 is 9.90. The van der Waals surface area contributed by atoms with Crippen LogP contribution in [0.2, 0.25) is 0 Å². The molecule has 1 aromatic rings. The van der Waals surface area contributed by atoms with E-state index in [1.165, 1.54) is 7.11 Å². The van der Waals surface area contributed by atoms with Crippen LogP contribution in [0.1, 0.15) is 38.7 Å². The minimum Gasteiger partial charge on any atom is -0.467 e. The van der Waals surface area contributed by atoms with Crippen molar-refractivity contribution in [3.05, 3.63) is 35.9 Å². The van der Waals surface area contributed by atoms with Crippen LogP contribution in [-0.2, 0) is 25.7 Å². The molecule has 1 aromatic carbocycles.